The number of ether oxygens (including phenoxy) is 3. The molecule has 1 aliphatic heterocycles. The van der Waals surface area contributed by atoms with Crippen LogP contribution in [0, 0.1) is 0 Å². The maximum Gasteiger partial charge on any atom is 0.323 e. The molecule has 144 valence electrons. The third kappa shape index (κ3) is 4.60. The minimum absolute atomic E-state index is 0.0864. The smallest absolute Gasteiger partial charge is 0.323 e. The second-order valence-electron chi connectivity index (χ2n) is 5.95. The number of anilines is 1. The van der Waals surface area contributed by atoms with E-state index in [9.17, 15) is 4.79 Å². The number of carbonyl (C=O) groups is 1. The first-order valence-corrected chi connectivity index (χ1v) is 9.84. The third-order valence-corrected chi connectivity index (χ3v) is 5.49. The van der Waals surface area contributed by atoms with Gasteiger partial charge in [0, 0.05) is 24.1 Å². The van der Waals surface area contributed by atoms with E-state index in [0.29, 0.717) is 24.7 Å². The largest absolute Gasteiger partial charge is 0.497 e. The number of carbonyl (C=O) groups excluding carboxylic acids is 1. The fraction of sp³-hybridized carbons (Fsp3) is 0.350. The summed E-state index contributed by atoms with van der Waals surface area (Å²) in [5.41, 5.74) is 1.72. The summed E-state index contributed by atoms with van der Waals surface area (Å²) < 4.78 is 16.2. The van der Waals surface area contributed by atoms with Gasteiger partial charge in [-0.15, -0.1) is 11.8 Å². The summed E-state index contributed by atoms with van der Waals surface area (Å²) in [5.74, 6) is 3.09. The number of urea groups is 1. The molecule has 1 N–H and O–H groups in total. The summed E-state index contributed by atoms with van der Waals surface area (Å²) in [4.78, 5) is 14.7. The van der Waals surface area contributed by atoms with Crippen LogP contribution in [0.4, 0.5) is 10.5 Å². The molecule has 1 heterocycles. The summed E-state index contributed by atoms with van der Waals surface area (Å²) in [7, 11) is 3.24. The summed E-state index contributed by atoms with van der Waals surface area (Å²) in [6.45, 7) is 3.23. The lowest BCUT2D eigenvalue weighted by Crippen LogP contribution is -2.34. The summed E-state index contributed by atoms with van der Waals surface area (Å²) in [5, 5.41) is 2.88. The van der Waals surface area contributed by atoms with Crippen LogP contribution in [0.1, 0.15) is 17.9 Å². The SMILES string of the molecule is CCOc1ccc(NC(=O)N2CCS[C@H]2c2cc(OC)cc(OC)c2)cc1. The van der Waals surface area contributed by atoms with Gasteiger partial charge in [0.15, 0.2) is 0 Å². The van der Waals surface area contributed by atoms with Crippen LogP contribution < -0.4 is 19.5 Å². The number of methoxy groups -OCH3 is 2. The Morgan fingerprint density at radius 3 is 2.37 bits per heavy atom. The Hall–Kier alpha value is -2.54. The lowest BCUT2D eigenvalue weighted by molar-refractivity contribution is 0.214. The van der Waals surface area contributed by atoms with Crippen LogP contribution in [-0.4, -0.2) is 44.1 Å². The molecule has 0 radical (unpaired) electrons. The highest BCUT2D eigenvalue weighted by Gasteiger charge is 2.31. The van der Waals surface area contributed by atoms with Gasteiger partial charge in [0.25, 0.3) is 0 Å². The van der Waals surface area contributed by atoms with E-state index in [2.05, 4.69) is 5.32 Å². The number of thioether (sulfide) groups is 1. The van der Waals surface area contributed by atoms with E-state index in [-0.39, 0.29) is 11.4 Å². The maximum absolute atomic E-state index is 12.8. The molecular formula is C20H24N2O4S. The standard InChI is InChI=1S/C20H24N2O4S/c1-4-26-16-7-5-15(6-8-16)21-20(23)22-9-10-27-19(22)14-11-17(24-2)13-18(12-14)25-3/h5-8,11-13,19H,4,9-10H2,1-3H3,(H,21,23)/t19-/m0/s1. The van der Waals surface area contributed by atoms with Crippen molar-refractivity contribution in [2.24, 2.45) is 0 Å². The molecule has 0 aliphatic carbocycles. The van der Waals surface area contributed by atoms with Crippen molar-refractivity contribution < 1.29 is 19.0 Å². The molecule has 0 bridgehead atoms. The highest BCUT2D eigenvalue weighted by atomic mass is 32.2. The number of nitrogens with zero attached hydrogens (tertiary/aromatic N) is 1. The molecule has 1 aliphatic rings. The predicted octanol–water partition coefficient (Wildman–Crippen LogP) is 4.38. The normalized spacial score (nSPS) is 16.1. The minimum atomic E-state index is -0.129. The van der Waals surface area contributed by atoms with Crippen LogP contribution in [0.2, 0.25) is 0 Å². The van der Waals surface area contributed by atoms with Crippen molar-refractivity contribution in [2.75, 3.05) is 38.4 Å². The molecule has 2 aromatic rings. The Bertz CT molecular complexity index is 760. The lowest BCUT2D eigenvalue weighted by atomic mass is 10.2. The van der Waals surface area contributed by atoms with Gasteiger partial charge in [-0.25, -0.2) is 4.79 Å². The fourth-order valence-electron chi connectivity index (χ4n) is 2.92. The van der Waals surface area contributed by atoms with Gasteiger partial charge in [-0.05, 0) is 48.9 Å². The van der Waals surface area contributed by atoms with Gasteiger partial charge in [0.05, 0.1) is 20.8 Å². The van der Waals surface area contributed by atoms with Crippen molar-refractivity contribution in [1.29, 1.82) is 0 Å². The van der Waals surface area contributed by atoms with E-state index in [4.69, 9.17) is 14.2 Å². The molecule has 2 amide bonds. The second kappa shape index (κ2) is 8.90. The molecule has 7 heteroatoms. The molecule has 27 heavy (non-hydrogen) atoms. The summed E-state index contributed by atoms with van der Waals surface area (Å²) >= 11 is 1.72. The lowest BCUT2D eigenvalue weighted by Gasteiger charge is -2.25. The van der Waals surface area contributed by atoms with E-state index < -0.39 is 0 Å². The van der Waals surface area contributed by atoms with E-state index in [1.54, 1.807) is 26.0 Å². The quantitative estimate of drug-likeness (QED) is 0.796. The van der Waals surface area contributed by atoms with Gasteiger partial charge in [0.1, 0.15) is 22.6 Å². The Morgan fingerprint density at radius 2 is 1.78 bits per heavy atom. The predicted molar refractivity (Wildman–Crippen MR) is 108 cm³/mol. The van der Waals surface area contributed by atoms with E-state index in [0.717, 1.165) is 22.8 Å². The van der Waals surface area contributed by atoms with Crippen molar-refractivity contribution >= 4 is 23.5 Å². The van der Waals surface area contributed by atoms with Gasteiger partial charge < -0.3 is 24.4 Å². The molecule has 0 spiro atoms. The Labute approximate surface area is 163 Å². The Morgan fingerprint density at radius 1 is 1.11 bits per heavy atom. The van der Waals surface area contributed by atoms with Crippen molar-refractivity contribution in [1.82, 2.24) is 4.90 Å². The first-order valence-electron chi connectivity index (χ1n) is 8.79. The van der Waals surface area contributed by atoms with Gasteiger partial charge in [-0.2, -0.15) is 0 Å². The van der Waals surface area contributed by atoms with Crippen LogP contribution in [-0.2, 0) is 0 Å². The molecule has 0 aromatic heterocycles. The highest BCUT2D eigenvalue weighted by Crippen LogP contribution is 2.40. The number of benzene rings is 2. The van der Waals surface area contributed by atoms with Crippen LogP contribution in [0.25, 0.3) is 0 Å². The number of nitrogens with one attached hydrogen (secondary N) is 1. The van der Waals surface area contributed by atoms with Gasteiger partial charge in [-0.1, -0.05) is 0 Å². The zero-order chi connectivity index (χ0) is 19.2. The van der Waals surface area contributed by atoms with Crippen molar-refractivity contribution in [3.05, 3.63) is 48.0 Å². The number of amides is 2. The van der Waals surface area contributed by atoms with Crippen molar-refractivity contribution in [3.63, 3.8) is 0 Å². The maximum atomic E-state index is 12.8. The topological polar surface area (TPSA) is 60.0 Å². The first kappa shape index (κ1) is 19.2. The van der Waals surface area contributed by atoms with Crippen molar-refractivity contribution in [3.8, 4) is 17.2 Å². The van der Waals surface area contributed by atoms with E-state index in [1.165, 1.54) is 0 Å². The molecule has 3 rings (SSSR count). The minimum Gasteiger partial charge on any atom is -0.497 e. The average molecular weight is 388 g/mol. The van der Waals surface area contributed by atoms with Crippen LogP contribution in [0.15, 0.2) is 42.5 Å². The fourth-order valence-corrected chi connectivity index (χ4v) is 4.16. The monoisotopic (exact) mass is 388 g/mol. The second-order valence-corrected chi connectivity index (χ2v) is 7.14. The zero-order valence-electron chi connectivity index (χ0n) is 15.7. The molecule has 1 saturated heterocycles. The number of hydrogen-bond acceptors (Lipinski definition) is 5. The van der Waals surface area contributed by atoms with Gasteiger partial charge >= 0.3 is 6.03 Å². The molecule has 6 nitrogen and oxygen atoms in total. The molecule has 1 fully saturated rings. The molecular weight excluding hydrogens is 364 g/mol. The van der Waals surface area contributed by atoms with Crippen LogP contribution in [0.3, 0.4) is 0 Å². The molecule has 1 atom stereocenters. The Kier molecular flexibility index (Phi) is 6.34. The first-order chi connectivity index (χ1) is 13.1. The van der Waals surface area contributed by atoms with E-state index in [1.807, 2.05) is 54.3 Å². The molecule has 0 unspecified atom stereocenters. The number of hydrogen-bond donors (Lipinski definition) is 1. The summed E-state index contributed by atoms with van der Waals surface area (Å²) in [6, 6.07) is 13.0. The Balaban J connectivity index is 1.74. The van der Waals surface area contributed by atoms with Gasteiger partial charge in [-0.3, -0.25) is 0 Å². The third-order valence-electron chi connectivity index (χ3n) is 4.23. The number of rotatable bonds is 6. The zero-order valence-corrected chi connectivity index (χ0v) is 16.5. The summed E-state index contributed by atoms with van der Waals surface area (Å²) in [6.07, 6.45) is 0. The van der Waals surface area contributed by atoms with Crippen LogP contribution in [0.5, 0.6) is 17.2 Å². The highest BCUT2D eigenvalue weighted by molar-refractivity contribution is 7.99. The van der Waals surface area contributed by atoms with Crippen molar-refractivity contribution in [2.45, 2.75) is 12.3 Å². The van der Waals surface area contributed by atoms with Crippen LogP contribution >= 0.6 is 11.8 Å². The average Bonchev–Trinajstić information content (AvgIpc) is 3.19. The molecule has 2 aromatic carbocycles. The van der Waals surface area contributed by atoms with E-state index >= 15 is 0 Å². The van der Waals surface area contributed by atoms with Gasteiger partial charge in [0.2, 0.25) is 0 Å². The molecule has 0 saturated carbocycles.